The molecule has 1 heterocycles. The van der Waals surface area contributed by atoms with Crippen molar-refractivity contribution in [1.29, 1.82) is 0 Å². The van der Waals surface area contributed by atoms with Crippen molar-refractivity contribution in [2.75, 3.05) is 0 Å². The van der Waals surface area contributed by atoms with E-state index in [9.17, 15) is 4.79 Å². The van der Waals surface area contributed by atoms with Crippen LogP contribution in [0.1, 0.15) is 10.4 Å². The quantitative estimate of drug-likeness (QED) is 0.722. The molecule has 0 aliphatic rings. The summed E-state index contributed by atoms with van der Waals surface area (Å²) in [6, 6.07) is 0. The molecule has 0 aliphatic heterocycles. The second kappa shape index (κ2) is 3.52. The molecule has 0 aliphatic carbocycles. The van der Waals surface area contributed by atoms with Gasteiger partial charge in [-0.3, -0.25) is 9.78 Å². The van der Waals surface area contributed by atoms with Crippen LogP contribution in [0.2, 0.25) is 10.0 Å². The van der Waals surface area contributed by atoms with Gasteiger partial charge in [0.05, 0.1) is 15.6 Å². The predicted molar refractivity (Wildman–Crippen MR) is 47.5 cm³/mol. The Kier molecular flexibility index (Phi) is 2.87. The lowest BCUT2D eigenvalue weighted by atomic mass is 10.3. The van der Waals surface area contributed by atoms with E-state index >= 15 is 0 Å². The fraction of sp³-hybridized carbons (Fsp3) is 0. The van der Waals surface area contributed by atoms with Crippen molar-refractivity contribution in [1.82, 2.24) is 4.98 Å². The Morgan fingerprint density at radius 3 is 2.09 bits per heavy atom. The van der Waals surface area contributed by atoms with E-state index in [2.05, 4.69) is 20.9 Å². The molecule has 0 atom stereocenters. The molecule has 1 rings (SSSR count). The van der Waals surface area contributed by atoms with Crippen molar-refractivity contribution in [2.45, 2.75) is 0 Å². The maximum Gasteiger partial charge on any atom is 0.231 e. The molecule has 58 valence electrons. The summed E-state index contributed by atoms with van der Waals surface area (Å²) in [6.07, 6.45) is 2.73. The van der Waals surface area contributed by atoms with Gasteiger partial charge in [0.25, 0.3) is 0 Å². The molecule has 0 spiro atoms. The number of pyridine rings is 1. The Morgan fingerprint density at radius 1 is 1.36 bits per heavy atom. The number of aromatic nitrogens is 1. The van der Waals surface area contributed by atoms with Gasteiger partial charge in [-0.05, 0) is 15.9 Å². The van der Waals surface area contributed by atoms with Crippen LogP contribution < -0.4 is 0 Å². The number of halogens is 3. The zero-order valence-electron chi connectivity index (χ0n) is 5.14. The first-order valence-electron chi connectivity index (χ1n) is 2.61. The summed E-state index contributed by atoms with van der Waals surface area (Å²) in [5.74, 6) is 0. The summed E-state index contributed by atoms with van der Waals surface area (Å²) >= 11 is 14.0. The number of rotatable bonds is 1. The van der Waals surface area contributed by atoms with E-state index in [1.54, 1.807) is 0 Å². The van der Waals surface area contributed by atoms with E-state index < -0.39 is 0 Å². The van der Waals surface area contributed by atoms with Gasteiger partial charge >= 0.3 is 0 Å². The molecule has 2 nitrogen and oxygen atoms in total. The summed E-state index contributed by atoms with van der Waals surface area (Å²) in [4.78, 5) is 14.5. The van der Waals surface area contributed by atoms with Gasteiger partial charge < -0.3 is 0 Å². The van der Waals surface area contributed by atoms with Gasteiger partial charge in [0.15, 0.2) is 0 Å². The number of carbonyl (C=O) groups excluding carboxylic acids is 1. The van der Waals surface area contributed by atoms with Crippen molar-refractivity contribution >= 4 is 43.8 Å². The van der Waals surface area contributed by atoms with E-state index in [0.717, 1.165) is 0 Å². The second-order valence-electron chi connectivity index (χ2n) is 1.75. The van der Waals surface area contributed by atoms with Gasteiger partial charge in [-0.2, -0.15) is 0 Å². The summed E-state index contributed by atoms with van der Waals surface area (Å²) in [5.41, 5.74) is 0.253. The lowest BCUT2D eigenvalue weighted by Crippen LogP contribution is -1.91. The molecule has 0 N–H and O–H groups in total. The molecule has 0 radical (unpaired) electrons. The highest BCUT2D eigenvalue weighted by Gasteiger charge is 2.11. The molecular formula is C6H2BrCl2NO. The minimum absolute atomic E-state index is 0.249. The molecular weight excluding hydrogens is 253 g/mol. The van der Waals surface area contributed by atoms with Crippen LogP contribution in [0.4, 0.5) is 0 Å². The molecule has 0 aromatic carbocycles. The third kappa shape index (κ3) is 1.92. The molecule has 11 heavy (non-hydrogen) atoms. The van der Waals surface area contributed by atoms with Crippen LogP contribution in [0.3, 0.4) is 0 Å². The van der Waals surface area contributed by atoms with Crippen LogP contribution >= 0.6 is 39.1 Å². The topological polar surface area (TPSA) is 30.0 Å². The van der Waals surface area contributed by atoms with E-state index in [0.29, 0.717) is 0 Å². The lowest BCUT2D eigenvalue weighted by molar-refractivity contribution is 0.109. The summed E-state index contributed by atoms with van der Waals surface area (Å²) in [5, 5.41) is 0.499. The average molecular weight is 255 g/mol. The van der Waals surface area contributed by atoms with Crippen LogP contribution in [0.25, 0.3) is 0 Å². The van der Waals surface area contributed by atoms with E-state index in [-0.39, 0.29) is 20.3 Å². The molecule has 0 bridgehead atoms. The van der Waals surface area contributed by atoms with Gasteiger partial charge in [-0.25, -0.2) is 0 Å². The van der Waals surface area contributed by atoms with Crippen LogP contribution in [0, 0.1) is 0 Å². The highest BCUT2D eigenvalue weighted by Crippen LogP contribution is 2.24. The van der Waals surface area contributed by atoms with Crippen LogP contribution in [-0.4, -0.2) is 9.68 Å². The number of carbonyl (C=O) groups is 1. The van der Waals surface area contributed by atoms with Crippen LogP contribution in [0.15, 0.2) is 12.4 Å². The van der Waals surface area contributed by atoms with Crippen molar-refractivity contribution in [3.63, 3.8) is 0 Å². The maximum absolute atomic E-state index is 10.8. The smallest absolute Gasteiger partial charge is 0.231 e. The van der Waals surface area contributed by atoms with Gasteiger partial charge in [-0.1, -0.05) is 23.2 Å². The molecule has 5 heteroatoms. The zero-order chi connectivity index (χ0) is 8.43. The molecule has 0 fully saturated rings. The lowest BCUT2D eigenvalue weighted by Gasteiger charge is -1.98. The Bertz CT molecular complexity index is 282. The van der Waals surface area contributed by atoms with Crippen molar-refractivity contribution in [3.8, 4) is 0 Å². The van der Waals surface area contributed by atoms with E-state index in [1.165, 1.54) is 12.4 Å². The Labute approximate surface area is 81.7 Å². The van der Waals surface area contributed by atoms with E-state index in [4.69, 9.17) is 23.2 Å². The largest absolute Gasteiger partial charge is 0.281 e. The highest BCUT2D eigenvalue weighted by molar-refractivity contribution is 9.18. The average Bonchev–Trinajstić information content (AvgIpc) is 1.85. The van der Waals surface area contributed by atoms with Gasteiger partial charge in [-0.15, -0.1) is 0 Å². The van der Waals surface area contributed by atoms with Gasteiger partial charge in [0.1, 0.15) is 0 Å². The predicted octanol–water partition coefficient (Wildman–Crippen LogP) is 2.92. The minimum atomic E-state index is -0.338. The van der Waals surface area contributed by atoms with E-state index in [1.807, 2.05) is 0 Å². The Hall–Kier alpha value is -0.120. The first-order valence-corrected chi connectivity index (χ1v) is 4.16. The SMILES string of the molecule is O=C(Br)c1c(Cl)cncc1Cl. The van der Waals surface area contributed by atoms with Crippen molar-refractivity contribution in [2.24, 2.45) is 0 Å². The fourth-order valence-electron chi connectivity index (χ4n) is 0.599. The van der Waals surface area contributed by atoms with Gasteiger partial charge in [0, 0.05) is 12.4 Å². The fourth-order valence-corrected chi connectivity index (χ4v) is 1.79. The maximum atomic E-state index is 10.8. The summed E-state index contributed by atoms with van der Waals surface area (Å²) in [7, 11) is 0. The first-order chi connectivity index (χ1) is 5.13. The normalized spacial score (nSPS) is 9.73. The summed E-state index contributed by atoms with van der Waals surface area (Å²) in [6.45, 7) is 0. The van der Waals surface area contributed by atoms with Crippen molar-refractivity contribution < 1.29 is 4.79 Å². The monoisotopic (exact) mass is 253 g/mol. The van der Waals surface area contributed by atoms with Gasteiger partial charge in [0.2, 0.25) is 4.69 Å². The Morgan fingerprint density at radius 2 is 1.82 bits per heavy atom. The van der Waals surface area contributed by atoms with Crippen molar-refractivity contribution in [3.05, 3.63) is 28.0 Å². The first kappa shape index (κ1) is 8.97. The molecule has 0 saturated carbocycles. The number of hydrogen-bond donors (Lipinski definition) is 0. The standard InChI is InChI=1S/C6H2BrCl2NO/c7-6(11)5-3(8)1-10-2-4(5)9/h1-2H. The highest BCUT2D eigenvalue weighted by atomic mass is 79.9. The minimum Gasteiger partial charge on any atom is -0.281 e. The molecule has 1 aromatic heterocycles. The number of nitrogens with zero attached hydrogens (tertiary/aromatic N) is 1. The molecule has 0 unspecified atom stereocenters. The molecule has 0 amide bonds. The Balaban J connectivity index is 3.32. The molecule has 0 saturated heterocycles. The molecule has 1 aromatic rings. The summed E-state index contributed by atoms with van der Waals surface area (Å²) < 4.78 is -0.338. The third-order valence-electron chi connectivity index (χ3n) is 1.05. The van der Waals surface area contributed by atoms with Crippen LogP contribution in [-0.2, 0) is 0 Å². The second-order valence-corrected chi connectivity index (χ2v) is 3.29. The van der Waals surface area contributed by atoms with Crippen LogP contribution in [0.5, 0.6) is 0 Å². The zero-order valence-corrected chi connectivity index (χ0v) is 8.24. The third-order valence-corrected chi connectivity index (χ3v) is 2.02. The number of hydrogen-bond acceptors (Lipinski definition) is 2.